The maximum Gasteiger partial charge on any atom is 0.127 e. The highest BCUT2D eigenvalue weighted by Crippen LogP contribution is 2.27. The van der Waals surface area contributed by atoms with Crippen LogP contribution >= 0.6 is 11.6 Å². The Morgan fingerprint density at radius 2 is 2.17 bits per heavy atom. The largest absolute Gasteiger partial charge is 0.396 e. The van der Waals surface area contributed by atoms with E-state index in [0.717, 1.165) is 13.0 Å². The average Bonchev–Trinajstić information content (AvgIpc) is 2.28. The number of rotatable bonds is 6. The summed E-state index contributed by atoms with van der Waals surface area (Å²) in [7, 11) is 0. The van der Waals surface area contributed by atoms with Crippen molar-refractivity contribution in [1.82, 2.24) is 4.90 Å². The van der Waals surface area contributed by atoms with Gasteiger partial charge in [-0.05, 0) is 37.5 Å². The molecule has 0 heterocycles. The summed E-state index contributed by atoms with van der Waals surface area (Å²) in [4.78, 5) is 2.26. The number of benzene rings is 1. The van der Waals surface area contributed by atoms with Crippen molar-refractivity contribution in [1.29, 1.82) is 0 Å². The molecule has 4 heteroatoms. The number of hydrogen-bond donors (Lipinski definition) is 1. The molecule has 0 aliphatic heterocycles. The standard InChI is InChI=1S/C14H19ClFNO/c15-12-5-6-14(16)11(9-12)10-17(7-2-8-18)13-3-1-4-13/h5-6,9,13,18H,1-4,7-8,10H2. The summed E-state index contributed by atoms with van der Waals surface area (Å²) < 4.78 is 13.7. The van der Waals surface area contributed by atoms with E-state index in [0.29, 0.717) is 23.2 Å². The van der Waals surface area contributed by atoms with Crippen molar-refractivity contribution in [2.24, 2.45) is 0 Å². The summed E-state index contributed by atoms with van der Waals surface area (Å²) in [5.74, 6) is -0.201. The van der Waals surface area contributed by atoms with E-state index >= 15 is 0 Å². The summed E-state index contributed by atoms with van der Waals surface area (Å²) in [6.07, 6.45) is 4.33. The van der Waals surface area contributed by atoms with Gasteiger partial charge in [0.15, 0.2) is 0 Å². The number of nitrogens with zero attached hydrogens (tertiary/aromatic N) is 1. The molecule has 1 saturated carbocycles. The fourth-order valence-electron chi connectivity index (χ4n) is 2.30. The zero-order valence-electron chi connectivity index (χ0n) is 10.4. The Bertz CT molecular complexity index is 395. The lowest BCUT2D eigenvalue weighted by molar-refractivity contribution is 0.108. The number of halogens is 2. The summed E-state index contributed by atoms with van der Waals surface area (Å²) in [5.41, 5.74) is 0.646. The Morgan fingerprint density at radius 3 is 2.78 bits per heavy atom. The monoisotopic (exact) mass is 271 g/mol. The van der Waals surface area contributed by atoms with E-state index in [1.165, 1.54) is 25.3 Å². The molecule has 1 N–H and O–H groups in total. The Labute approximate surface area is 112 Å². The van der Waals surface area contributed by atoms with Crippen LogP contribution in [0.3, 0.4) is 0 Å². The first-order valence-corrected chi connectivity index (χ1v) is 6.87. The average molecular weight is 272 g/mol. The molecule has 1 aliphatic carbocycles. The van der Waals surface area contributed by atoms with Crippen molar-refractivity contribution in [3.05, 3.63) is 34.6 Å². The van der Waals surface area contributed by atoms with Gasteiger partial charge in [0.2, 0.25) is 0 Å². The Morgan fingerprint density at radius 1 is 1.39 bits per heavy atom. The summed E-state index contributed by atoms with van der Waals surface area (Å²) in [6.45, 7) is 1.57. The van der Waals surface area contributed by atoms with E-state index in [-0.39, 0.29) is 12.4 Å². The molecule has 0 spiro atoms. The zero-order chi connectivity index (χ0) is 13.0. The van der Waals surface area contributed by atoms with Crippen LogP contribution in [0.15, 0.2) is 18.2 Å². The fraction of sp³-hybridized carbons (Fsp3) is 0.571. The van der Waals surface area contributed by atoms with Gasteiger partial charge in [-0.15, -0.1) is 0 Å². The Hall–Kier alpha value is -0.640. The van der Waals surface area contributed by atoms with E-state index in [1.54, 1.807) is 12.1 Å². The summed E-state index contributed by atoms with van der Waals surface area (Å²) >= 11 is 5.91. The van der Waals surface area contributed by atoms with Gasteiger partial charge in [0.1, 0.15) is 5.82 Å². The first-order chi connectivity index (χ1) is 8.70. The van der Waals surface area contributed by atoms with Gasteiger partial charge in [0.25, 0.3) is 0 Å². The van der Waals surface area contributed by atoms with Crippen LogP contribution in [0.5, 0.6) is 0 Å². The van der Waals surface area contributed by atoms with E-state index < -0.39 is 0 Å². The van der Waals surface area contributed by atoms with Crippen LogP contribution in [0.1, 0.15) is 31.2 Å². The molecule has 18 heavy (non-hydrogen) atoms. The second kappa shape index (κ2) is 6.50. The SMILES string of the molecule is OCCCN(Cc1cc(Cl)ccc1F)C1CCC1. The molecule has 0 bridgehead atoms. The van der Waals surface area contributed by atoms with Crippen molar-refractivity contribution in [2.45, 2.75) is 38.3 Å². The van der Waals surface area contributed by atoms with Crippen LogP contribution in [-0.2, 0) is 6.54 Å². The Balaban J connectivity index is 2.04. The van der Waals surface area contributed by atoms with E-state index in [1.807, 2.05) is 0 Å². The summed E-state index contributed by atoms with van der Waals surface area (Å²) in [5, 5.41) is 9.50. The smallest absolute Gasteiger partial charge is 0.127 e. The molecule has 0 radical (unpaired) electrons. The van der Waals surface area contributed by atoms with Gasteiger partial charge in [0, 0.05) is 36.3 Å². The third kappa shape index (κ3) is 3.44. The fourth-order valence-corrected chi connectivity index (χ4v) is 2.49. The predicted octanol–water partition coefficient (Wildman–Crippen LogP) is 3.22. The molecule has 1 aliphatic rings. The van der Waals surface area contributed by atoms with Crippen molar-refractivity contribution < 1.29 is 9.50 Å². The van der Waals surface area contributed by atoms with Gasteiger partial charge in [-0.1, -0.05) is 18.0 Å². The second-order valence-corrected chi connectivity index (χ2v) is 5.30. The van der Waals surface area contributed by atoms with Gasteiger partial charge in [-0.25, -0.2) is 4.39 Å². The van der Waals surface area contributed by atoms with Gasteiger partial charge >= 0.3 is 0 Å². The van der Waals surface area contributed by atoms with Crippen LogP contribution in [0, 0.1) is 5.82 Å². The van der Waals surface area contributed by atoms with E-state index in [4.69, 9.17) is 16.7 Å². The molecule has 2 rings (SSSR count). The van der Waals surface area contributed by atoms with Gasteiger partial charge in [-0.3, -0.25) is 4.90 Å². The molecule has 100 valence electrons. The molecule has 1 aromatic carbocycles. The molecular weight excluding hydrogens is 253 g/mol. The topological polar surface area (TPSA) is 23.5 Å². The first-order valence-electron chi connectivity index (χ1n) is 6.49. The highest BCUT2D eigenvalue weighted by molar-refractivity contribution is 6.30. The lowest BCUT2D eigenvalue weighted by Gasteiger charge is -2.37. The van der Waals surface area contributed by atoms with Crippen LogP contribution < -0.4 is 0 Å². The van der Waals surface area contributed by atoms with Crippen molar-refractivity contribution in [3.8, 4) is 0 Å². The van der Waals surface area contributed by atoms with Crippen LogP contribution in [0.25, 0.3) is 0 Å². The predicted molar refractivity (Wildman–Crippen MR) is 71.2 cm³/mol. The third-order valence-corrected chi connectivity index (χ3v) is 3.81. The minimum atomic E-state index is -0.201. The van der Waals surface area contributed by atoms with E-state index in [9.17, 15) is 4.39 Å². The van der Waals surface area contributed by atoms with Crippen molar-refractivity contribution in [2.75, 3.05) is 13.2 Å². The van der Waals surface area contributed by atoms with Crippen LogP contribution in [-0.4, -0.2) is 29.2 Å². The second-order valence-electron chi connectivity index (χ2n) is 4.87. The summed E-state index contributed by atoms with van der Waals surface area (Å²) in [6, 6.07) is 5.22. The molecule has 1 aromatic rings. The lowest BCUT2D eigenvalue weighted by Crippen LogP contribution is -2.40. The maximum absolute atomic E-state index is 13.7. The highest BCUT2D eigenvalue weighted by Gasteiger charge is 2.25. The minimum absolute atomic E-state index is 0.182. The van der Waals surface area contributed by atoms with Gasteiger partial charge in [-0.2, -0.15) is 0 Å². The first kappa shape index (κ1) is 13.8. The number of aliphatic hydroxyl groups is 1. The molecule has 0 saturated heterocycles. The third-order valence-electron chi connectivity index (χ3n) is 3.58. The lowest BCUT2D eigenvalue weighted by atomic mass is 9.91. The number of aliphatic hydroxyl groups excluding tert-OH is 1. The zero-order valence-corrected chi connectivity index (χ0v) is 11.2. The van der Waals surface area contributed by atoms with Crippen LogP contribution in [0.4, 0.5) is 4.39 Å². The maximum atomic E-state index is 13.7. The van der Waals surface area contributed by atoms with Crippen molar-refractivity contribution in [3.63, 3.8) is 0 Å². The van der Waals surface area contributed by atoms with E-state index in [2.05, 4.69) is 4.90 Å². The Kier molecular flexibility index (Phi) is 4.98. The normalized spacial score (nSPS) is 16.0. The van der Waals surface area contributed by atoms with Gasteiger partial charge in [0.05, 0.1) is 0 Å². The minimum Gasteiger partial charge on any atom is -0.396 e. The molecule has 1 fully saturated rings. The van der Waals surface area contributed by atoms with Crippen molar-refractivity contribution >= 4 is 11.6 Å². The highest BCUT2D eigenvalue weighted by atomic mass is 35.5. The van der Waals surface area contributed by atoms with Gasteiger partial charge < -0.3 is 5.11 Å². The molecule has 0 unspecified atom stereocenters. The molecule has 0 amide bonds. The molecular formula is C14H19ClFNO. The quantitative estimate of drug-likeness (QED) is 0.859. The van der Waals surface area contributed by atoms with Crippen LogP contribution in [0.2, 0.25) is 5.02 Å². The molecule has 0 atom stereocenters. The molecule has 0 aromatic heterocycles. The molecule has 2 nitrogen and oxygen atoms in total. The number of hydrogen-bond acceptors (Lipinski definition) is 2.